The van der Waals surface area contributed by atoms with Crippen molar-refractivity contribution in [1.82, 2.24) is 15.1 Å². The summed E-state index contributed by atoms with van der Waals surface area (Å²) in [6, 6.07) is 1.23. The fourth-order valence-electron chi connectivity index (χ4n) is 2.52. The standard InChI is InChI=1S/C13H19N3O3/c1-10(16-9-5-8-14-16)11(17)15-13(12(18)19)6-3-2-4-7-13/h5,8-10H,2-4,6-7H2,1H3,(H,15,17)(H,18,19)/t10-/m0/s1. The van der Waals surface area contributed by atoms with Crippen molar-refractivity contribution in [2.24, 2.45) is 0 Å². The molecule has 0 spiro atoms. The van der Waals surface area contributed by atoms with Crippen molar-refractivity contribution in [3.05, 3.63) is 18.5 Å². The van der Waals surface area contributed by atoms with Crippen molar-refractivity contribution in [2.75, 3.05) is 0 Å². The Kier molecular flexibility index (Phi) is 3.87. The van der Waals surface area contributed by atoms with Crippen molar-refractivity contribution in [2.45, 2.75) is 50.6 Å². The van der Waals surface area contributed by atoms with E-state index < -0.39 is 17.6 Å². The lowest BCUT2D eigenvalue weighted by Crippen LogP contribution is -2.56. The molecule has 0 unspecified atom stereocenters. The quantitative estimate of drug-likeness (QED) is 0.860. The number of carboxylic acid groups (broad SMARTS) is 1. The molecule has 1 aliphatic rings. The highest BCUT2D eigenvalue weighted by molar-refractivity contribution is 5.88. The fraction of sp³-hybridized carbons (Fsp3) is 0.615. The molecule has 1 heterocycles. The van der Waals surface area contributed by atoms with E-state index in [0.717, 1.165) is 19.3 Å². The highest BCUT2D eigenvalue weighted by atomic mass is 16.4. The number of hydrogen-bond donors (Lipinski definition) is 2. The zero-order valence-electron chi connectivity index (χ0n) is 11.0. The monoisotopic (exact) mass is 265 g/mol. The van der Waals surface area contributed by atoms with Crippen LogP contribution in [0, 0.1) is 0 Å². The molecule has 2 N–H and O–H groups in total. The summed E-state index contributed by atoms with van der Waals surface area (Å²) in [4.78, 5) is 23.7. The van der Waals surface area contributed by atoms with Gasteiger partial charge in [0.25, 0.3) is 0 Å². The van der Waals surface area contributed by atoms with Gasteiger partial charge in [-0.3, -0.25) is 9.48 Å². The van der Waals surface area contributed by atoms with Crippen LogP contribution in [0.25, 0.3) is 0 Å². The van der Waals surface area contributed by atoms with Crippen LogP contribution in [0.2, 0.25) is 0 Å². The number of aliphatic carboxylic acids is 1. The van der Waals surface area contributed by atoms with Crippen LogP contribution in [0.4, 0.5) is 0 Å². The molecule has 0 saturated heterocycles. The topological polar surface area (TPSA) is 84.2 Å². The van der Waals surface area contributed by atoms with E-state index in [-0.39, 0.29) is 5.91 Å². The van der Waals surface area contributed by atoms with Crippen molar-refractivity contribution in [1.29, 1.82) is 0 Å². The van der Waals surface area contributed by atoms with Crippen LogP contribution in [0.3, 0.4) is 0 Å². The van der Waals surface area contributed by atoms with Crippen LogP contribution in [0.15, 0.2) is 18.5 Å². The van der Waals surface area contributed by atoms with Crippen LogP contribution in [0.1, 0.15) is 45.1 Å². The van der Waals surface area contributed by atoms with Gasteiger partial charge in [-0.25, -0.2) is 4.79 Å². The molecule has 0 aromatic carbocycles. The number of amides is 1. The summed E-state index contributed by atoms with van der Waals surface area (Å²) in [7, 11) is 0. The lowest BCUT2D eigenvalue weighted by atomic mass is 9.81. The first kappa shape index (κ1) is 13.6. The predicted octanol–water partition coefficient (Wildman–Crippen LogP) is 1.35. The zero-order chi connectivity index (χ0) is 13.9. The average Bonchev–Trinajstić information content (AvgIpc) is 2.92. The van der Waals surface area contributed by atoms with Gasteiger partial charge < -0.3 is 10.4 Å². The highest BCUT2D eigenvalue weighted by Gasteiger charge is 2.41. The molecule has 0 bridgehead atoms. The zero-order valence-corrected chi connectivity index (χ0v) is 11.0. The Labute approximate surface area is 111 Å². The molecule has 1 aromatic rings. The first-order valence-corrected chi connectivity index (χ1v) is 6.60. The number of rotatable bonds is 4. The minimum absolute atomic E-state index is 0.298. The Hall–Kier alpha value is -1.85. The normalized spacial score (nSPS) is 19.6. The van der Waals surface area contributed by atoms with Gasteiger partial charge in [0.1, 0.15) is 11.6 Å². The van der Waals surface area contributed by atoms with Crippen LogP contribution in [-0.4, -0.2) is 32.3 Å². The van der Waals surface area contributed by atoms with E-state index in [1.165, 1.54) is 4.68 Å². The Morgan fingerprint density at radius 1 is 1.37 bits per heavy atom. The number of aromatic nitrogens is 2. The molecule has 1 atom stereocenters. The van der Waals surface area contributed by atoms with E-state index in [4.69, 9.17) is 0 Å². The maximum absolute atomic E-state index is 12.2. The number of carbonyl (C=O) groups excluding carboxylic acids is 1. The van der Waals surface area contributed by atoms with Gasteiger partial charge in [0.15, 0.2) is 0 Å². The molecule has 1 aliphatic carbocycles. The summed E-state index contributed by atoms with van der Waals surface area (Å²) in [5.41, 5.74) is -1.10. The molecule has 6 heteroatoms. The number of carboxylic acids is 1. The molecular formula is C13H19N3O3. The molecule has 6 nitrogen and oxygen atoms in total. The molecule has 19 heavy (non-hydrogen) atoms. The molecular weight excluding hydrogens is 246 g/mol. The van der Waals surface area contributed by atoms with Gasteiger partial charge in [0, 0.05) is 12.4 Å². The van der Waals surface area contributed by atoms with Crippen molar-refractivity contribution >= 4 is 11.9 Å². The Balaban J connectivity index is 2.09. The molecule has 2 rings (SSSR count). The highest BCUT2D eigenvalue weighted by Crippen LogP contribution is 2.29. The van der Waals surface area contributed by atoms with Gasteiger partial charge in [-0.15, -0.1) is 0 Å². The van der Waals surface area contributed by atoms with Crippen LogP contribution < -0.4 is 5.32 Å². The number of carbonyl (C=O) groups is 2. The third-order valence-corrected chi connectivity index (χ3v) is 3.78. The smallest absolute Gasteiger partial charge is 0.329 e. The van der Waals surface area contributed by atoms with Gasteiger partial charge in [-0.05, 0) is 25.8 Å². The van der Waals surface area contributed by atoms with Gasteiger partial charge in [0.2, 0.25) is 5.91 Å². The minimum Gasteiger partial charge on any atom is -0.480 e. The summed E-state index contributed by atoms with van der Waals surface area (Å²) in [6.07, 6.45) is 6.99. The number of nitrogens with zero attached hydrogens (tertiary/aromatic N) is 2. The molecule has 0 aliphatic heterocycles. The van der Waals surface area contributed by atoms with E-state index in [0.29, 0.717) is 12.8 Å². The summed E-state index contributed by atoms with van der Waals surface area (Å²) in [5.74, 6) is -1.23. The van der Waals surface area contributed by atoms with Gasteiger partial charge >= 0.3 is 5.97 Å². The van der Waals surface area contributed by atoms with Gasteiger partial charge in [-0.1, -0.05) is 19.3 Å². The Morgan fingerprint density at radius 2 is 2.05 bits per heavy atom. The van der Waals surface area contributed by atoms with E-state index >= 15 is 0 Å². The summed E-state index contributed by atoms with van der Waals surface area (Å²) < 4.78 is 1.52. The first-order valence-electron chi connectivity index (χ1n) is 6.60. The Bertz CT molecular complexity index is 450. The summed E-state index contributed by atoms with van der Waals surface area (Å²) >= 11 is 0. The minimum atomic E-state index is -1.10. The lowest BCUT2D eigenvalue weighted by Gasteiger charge is -2.34. The summed E-state index contributed by atoms with van der Waals surface area (Å²) in [5, 5.41) is 16.1. The van der Waals surface area contributed by atoms with Crippen molar-refractivity contribution in [3.63, 3.8) is 0 Å². The van der Waals surface area contributed by atoms with Crippen molar-refractivity contribution in [3.8, 4) is 0 Å². The molecule has 1 aromatic heterocycles. The summed E-state index contributed by atoms with van der Waals surface area (Å²) in [6.45, 7) is 1.71. The van der Waals surface area contributed by atoms with Crippen molar-refractivity contribution < 1.29 is 14.7 Å². The SMILES string of the molecule is C[C@@H](C(=O)NC1(C(=O)O)CCCCC1)n1cccn1. The second kappa shape index (κ2) is 5.42. The molecule has 1 fully saturated rings. The van der Waals surface area contributed by atoms with Gasteiger partial charge in [-0.2, -0.15) is 5.10 Å². The van der Waals surface area contributed by atoms with E-state index in [2.05, 4.69) is 10.4 Å². The number of hydrogen-bond acceptors (Lipinski definition) is 3. The molecule has 1 saturated carbocycles. The van der Waals surface area contributed by atoms with E-state index in [1.54, 1.807) is 25.4 Å². The second-order valence-electron chi connectivity index (χ2n) is 5.10. The van der Waals surface area contributed by atoms with E-state index in [1.807, 2.05) is 0 Å². The lowest BCUT2D eigenvalue weighted by molar-refractivity contribution is -0.149. The van der Waals surface area contributed by atoms with E-state index in [9.17, 15) is 14.7 Å². The molecule has 1 amide bonds. The fourth-order valence-corrected chi connectivity index (χ4v) is 2.52. The molecule has 0 radical (unpaired) electrons. The number of nitrogens with one attached hydrogen (secondary N) is 1. The second-order valence-corrected chi connectivity index (χ2v) is 5.10. The Morgan fingerprint density at radius 3 is 2.58 bits per heavy atom. The average molecular weight is 265 g/mol. The third kappa shape index (κ3) is 2.77. The van der Waals surface area contributed by atoms with Gasteiger partial charge in [0.05, 0.1) is 0 Å². The van der Waals surface area contributed by atoms with Crippen LogP contribution >= 0.6 is 0 Å². The maximum atomic E-state index is 12.2. The maximum Gasteiger partial charge on any atom is 0.329 e. The predicted molar refractivity (Wildman–Crippen MR) is 68.5 cm³/mol. The first-order chi connectivity index (χ1) is 9.05. The molecule has 104 valence electrons. The van der Waals surface area contributed by atoms with Crippen LogP contribution in [0.5, 0.6) is 0 Å². The largest absolute Gasteiger partial charge is 0.480 e. The van der Waals surface area contributed by atoms with Crippen LogP contribution in [-0.2, 0) is 9.59 Å². The third-order valence-electron chi connectivity index (χ3n) is 3.78.